The van der Waals surface area contributed by atoms with Crippen molar-refractivity contribution in [1.29, 1.82) is 0 Å². The Labute approximate surface area is 138 Å². The van der Waals surface area contributed by atoms with Crippen molar-refractivity contribution in [3.8, 4) is 0 Å². The van der Waals surface area contributed by atoms with Gasteiger partial charge in [0.2, 0.25) is 0 Å². The molecule has 1 aromatic rings. The lowest BCUT2D eigenvalue weighted by Crippen LogP contribution is -2.46. The molecule has 1 saturated carbocycles. The van der Waals surface area contributed by atoms with E-state index in [-0.39, 0.29) is 17.9 Å². The highest BCUT2D eigenvalue weighted by Crippen LogP contribution is 2.44. The van der Waals surface area contributed by atoms with Gasteiger partial charge >= 0.3 is 11.9 Å². The van der Waals surface area contributed by atoms with Gasteiger partial charge < -0.3 is 9.47 Å². The van der Waals surface area contributed by atoms with Crippen molar-refractivity contribution in [2.24, 2.45) is 5.92 Å². The molecule has 23 heavy (non-hydrogen) atoms. The molecule has 4 nitrogen and oxygen atoms in total. The predicted octanol–water partition coefficient (Wildman–Crippen LogP) is 3.55. The average Bonchev–Trinajstić information content (AvgIpc) is 2.89. The number of rotatable bonds is 5. The first-order valence-corrected chi connectivity index (χ1v) is 8.28. The summed E-state index contributed by atoms with van der Waals surface area (Å²) in [5, 5.41) is 0. The van der Waals surface area contributed by atoms with E-state index in [1.807, 2.05) is 45.0 Å². The fraction of sp³-hybridized carbons (Fsp3) is 0.579. The number of carbonyl (C=O) groups excluding carboxylic acids is 2. The van der Waals surface area contributed by atoms with E-state index in [1.165, 1.54) is 6.92 Å². The van der Waals surface area contributed by atoms with Gasteiger partial charge in [0.25, 0.3) is 0 Å². The van der Waals surface area contributed by atoms with Crippen LogP contribution in [0, 0.1) is 12.8 Å². The summed E-state index contributed by atoms with van der Waals surface area (Å²) in [7, 11) is 0. The van der Waals surface area contributed by atoms with Gasteiger partial charge in [-0.2, -0.15) is 0 Å². The van der Waals surface area contributed by atoms with Crippen LogP contribution in [0.25, 0.3) is 0 Å². The summed E-state index contributed by atoms with van der Waals surface area (Å²) in [6, 6.07) is 7.87. The molecule has 2 unspecified atom stereocenters. The molecule has 0 amide bonds. The summed E-state index contributed by atoms with van der Waals surface area (Å²) in [6.45, 7) is 7.77. The van der Waals surface area contributed by atoms with Crippen LogP contribution in [0.3, 0.4) is 0 Å². The Bertz CT molecular complexity index is 561. The van der Waals surface area contributed by atoms with Gasteiger partial charge in [0.1, 0.15) is 11.5 Å². The smallest absolute Gasteiger partial charge is 0.320 e. The number of hydrogen-bond acceptors (Lipinski definition) is 4. The van der Waals surface area contributed by atoms with E-state index in [1.54, 1.807) is 0 Å². The fourth-order valence-electron chi connectivity index (χ4n) is 3.24. The quantitative estimate of drug-likeness (QED) is 0.779. The van der Waals surface area contributed by atoms with Crippen LogP contribution < -0.4 is 0 Å². The van der Waals surface area contributed by atoms with E-state index in [9.17, 15) is 9.59 Å². The van der Waals surface area contributed by atoms with E-state index < -0.39 is 11.5 Å². The molecule has 1 fully saturated rings. The number of aryl methyl sites for hydroxylation is 1. The molecule has 0 aliphatic heterocycles. The van der Waals surface area contributed by atoms with E-state index in [2.05, 4.69) is 0 Å². The van der Waals surface area contributed by atoms with E-state index in [0.29, 0.717) is 19.4 Å². The van der Waals surface area contributed by atoms with Gasteiger partial charge in [0.05, 0.1) is 6.61 Å². The predicted molar refractivity (Wildman–Crippen MR) is 88.1 cm³/mol. The minimum atomic E-state index is -0.881. The molecule has 2 rings (SSSR count). The van der Waals surface area contributed by atoms with Gasteiger partial charge in [0.15, 0.2) is 0 Å². The van der Waals surface area contributed by atoms with Crippen LogP contribution in [0.4, 0.5) is 0 Å². The average molecular weight is 318 g/mol. The third-order valence-electron chi connectivity index (χ3n) is 4.37. The molecule has 0 radical (unpaired) electrons. The van der Waals surface area contributed by atoms with Crippen LogP contribution in [0.1, 0.15) is 51.2 Å². The monoisotopic (exact) mass is 318 g/mol. The Hall–Kier alpha value is -1.84. The van der Waals surface area contributed by atoms with E-state index in [0.717, 1.165) is 17.5 Å². The standard InChI is InChI=1S/C19H26O4/c1-13(2)12-22-18(21)19(16-9-7-14(3)8-10-16)11-5-6-17(19)23-15(4)20/h7-10,13,17H,5-6,11-12H2,1-4H3. The number of carbonyl (C=O) groups is 2. The van der Waals surface area contributed by atoms with Gasteiger partial charge in [0, 0.05) is 6.92 Å². The summed E-state index contributed by atoms with van der Waals surface area (Å²) in [5.41, 5.74) is 1.12. The van der Waals surface area contributed by atoms with Crippen LogP contribution in [-0.4, -0.2) is 24.6 Å². The lowest BCUT2D eigenvalue weighted by molar-refractivity contribution is -0.162. The van der Waals surface area contributed by atoms with Gasteiger partial charge in [-0.25, -0.2) is 0 Å². The Balaban J connectivity index is 2.39. The lowest BCUT2D eigenvalue weighted by Gasteiger charge is -2.33. The molecule has 4 heteroatoms. The maximum atomic E-state index is 12.9. The van der Waals surface area contributed by atoms with Crippen molar-refractivity contribution in [2.45, 2.75) is 58.5 Å². The van der Waals surface area contributed by atoms with Crippen LogP contribution in [0.15, 0.2) is 24.3 Å². The molecular weight excluding hydrogens is 292 g/mol. The van der Waals surface area contributed by atoms with Crippen LogP contribution in [-0.2, 0) is 24.5 Å². The topological polar surface area (TPSA) is 52.6 Å². The molecule has 1 aliphatic rings. The summed E-state index contributed by atoms with van der Waals surface area (Å²) in [5.74, 6) is -0.369. The van der Waals surface area contributed by atoms with Crippen LogP contribution >= 0.6 is 0 Å². The van der Waals surface area contributed by atoms with E-state index >= 15 is 0 Å². The maximum absolute atomic E-state index is 12.9. The fourth-order valence-corrected chi connectivity index (χ4v) is 3.24. The Morgan fingerprint density at radius 1 is 1.26 bits per heavy atom. The minimum absolute atomic E-state index is 0.266. The van der Waals surface area contributed by atoms with Gasteiger partial charge in [-0.1, -0.05) is 43.7 Å². The molecule has 0 heterocycles. The first-order valence-electron chi connectivity index (χ1n) is 8.28. The van der Waals surface area contributed by atoms with Crippen LogP contribution in [0.2, 0.25) is 0 Å². The summed E-state index contributed by atoms with van der Waals surface area (Å²) >= 11 is 0. The molecule has 0 N–H and O–H groups in total. The molecule has 0 spiro atoms. The molecular formula is C19H26O4. The second-order valence-corrected chi connectivity index (χ2v) is 6.82. The molecule has 0 aromatic heterocycles. The maximum Gasteiger partial charge on any atom is 0.320 e. The van der Waals surface area contributed by atoms with Crippen molar-refractivity contribution in [2.75, 3.05) is 6.61 Å². The highest BCUT2D eigenvalue weighted by atomic mass is 16.6. The van der Waals surface area contributed by atoms with Gasteiger partial charge in [-0.3, -0.25) is 9.59 Å². The molecule has 1 aliphatic carbocycles. The van der Waals surface area contributed by atoms with Crippen molar-refractivity contribution in [3.63, 3.8) is 0 Å². The SMILES string of the molecule is CC(=O)OC1CCCC1(C(=O)OCC(C)C)c1ccc(C)cc1. The second-order valence-electron chi connectivity index (χ2n) is 6.82. The van der Waals surface area contributed by atoms with Gasteiger partial charge in [-0.15, -0.1) is 0 Å². The van der Waals surface area contributed by atoms with Crippen molar-refractivity contribution < 1.29 is 19.1 Å². The zero-order chi connectivity index (χ0) is 17.0. The van der Waals surface area contributed by atoms with Crippen molar-refractivity contribution in [3.05, 3.63) is 35.4 Å². The molecule has 0 bridgehead atoms. The zero-order valence-corrected chi connectivity index (χ0v) is 14.4. The van der Waals surface area contributed by atoms with E-state index in [4.69, 9.17) is 9.47 Å². The number of benzene rings is 1. The van der Waals surface area contributed by atoms with Crippen LogP contribution in [0.5, 0.6) is 0 Å². The lowest BCUT2D eigenvalue weighted by atomic mass is 9.76. The highest BCUT2D eigenvalue weighted by Gasteiger charge is 2.53. The summed E-state index contributed by atoms with van der Waals surface area (Å²) in [4.78, 5) is 24.4. The molecule has 1 aromatic carbocycles. The molecule has 126 valence electrons. The normalized spacial score (nSPS) is 23.8. The summed E-state index contributed by atoms with van der Waals surface area (Å²) in [6.07, 6.45) is 1.71. The Kier molecular flexibility index (Phi) is 5.45. The van der Waals surface area contributed by atoms with Crippen molar-refractivity contribution >= 4 is 11.9 Å². The zero-order valence-electron chi connectivity index (χ0n) is 14.4. The van der Waals surface area contributed by atoms with Crippen molar-refractivity contribution in [1.82, 2.24) is 0 Å². The Morgan fingerprint density at radius 2 is 1.91 bits per heavy atom. The largest absolute Gasteiger partial charge is 0.465 e. The Morgan fingerprint density at radius 3 is 2.48 bits per heavy atom. The molecule has 2 atom stereocenters. The summed E-state index contributed by atoms with van der Waals surface area (Å²) < 4.78 is 11.1. The first-order chi connectivity index (χ1) is 10.9. The number of hydrogen-bond donors (Lipinski definition) is 0. The highest BCUT2D eigenvalue weighted by molar-refractivity contribution is 5.85. The third-order valence-corrected chi connectivity index (χ3v) is 4.37. The first kappa shape index (κ1) is 17.5. The van der Waals surface area contributed by atoms with Gasteiger partial charge in [-0.05, 0) is 37.7 Å². The molecule has 0 saturated heterocycles. The second kappa shape index (κ2) is 7.16. The third kappa shape index (κ3) is 3.74. The number of esters is 2. The minimum Gasteiger partial charge on any atom is -0.465 e. The number of ether oxygens (including phenoxy) is 2.